The van der Waals surface area contributed by atoms with Crippen molar-refractivity contribution in [3.8, 4) is 11.5 Å². The fraction of sp³-hybridized carbons (Fsp3) is 0. The maximum absolute atomic E-state index is 14.0. The molecule has 0 aromatic heterocycles. The maximum atomic E-state index is 14.0. The quantitative estimate of drug-likeness (QED) is 0.263. The monoisotopic (exact) mass is 440 g/mol. The van der Waals surface area contributed by atoms with Gasteiger partial charge in [-0.2, -0.15) is 0 Å². The SMILES string of the molecule is O=C(Oc1ccc2c(c1)OC(=Cc1c(F)cccc1Cl)C2=O)c1cccc(N([O-])O)c1. The molecule has 0 atom stereocenters. The van der Waals surface area contributed by atoms with Crippen molar-refractivity contribution in [2.24, 2.45) is 0 Å². The highest BCUT2D eigenvalue weighted by Crippen LogP contribution is 2.36. The number of hydrogen-bond acceptors (Lipinski definition) is 7. The Morgan fingerprint density at radius 3 is 2.68 bits per heavy atom. The van der Waals surface area contributed by atoms with Gasteiger partial charge < -0.3 is 19.9 Å². The van der Waals surface area contributed by atoms with Crippen LogP contribution < -0.4 is 14.7 Å². The Morgan fingerprint density at radius 1 is 1.16 bits per heavy atom. The van der Waals surface area contributed by atoms with E-state index in [1.54, 1.807) is 0 Å². The number of anilines is 1. The molecule has 0 fully saturated rings. The van der Waals surface area contributed by atoms with Crippen molar-refractivity contribution in [1.29, 1.82) is 0 Å². The van der Waals surface area contributed by atoms with E-state index in [1.165, 1.54) is 60.7 Å². The van der Waals surface area contributed by atoms with Gasteiger partial charge in [0.05, 0.1) is 21.8 Å². The van der Waals surface area contributed by atoms with Gasteiger partial charge in [0.1, 0.15) is 17.3 Å². The van der Waals surface area contributed by atoms with E-state index >= 15 is 0 Å². The van der Waals surface area contributed by atoms with Crippen molar-refractivity contribution in [1.82, 2.24) is 0 Å². The minimum absolute atomic E-state index is 0.0168. The summed E-state index contributed by atoms with van der Waals surface area (Å²) >= 11 is 5.99. The summed E-state index contributed by atoms with van der Waals surface area (Å²) in [4.78, 5) is 24.9. The van der Waals surface area contributed by atoms with Crippen LogP contribution in [-0.4, -0.2) is 17.0 Å². The van der Waals surface area contributed by atoms with Gasteiger partial charge >= 0.3 is 5.97 Å². The Morgan fingerprint density at radius 2 is 1.94 bits per heavy atom. The molecule has 0 unspecified atom stereocenters. The largest absolute Gasteiger partial charge is 0.733 e. The van der Waals surface area contributed by atoms with Crippen LogP contribution in [0.3, 0.4) is 0 Å². The molecule has 0 radical (unpaired) electrons. The first kappa shape index (κ1) is 20.5. The number of carbonyl (C=O) groups excluding carboxylic acids is 2. The number of fused-ring (bicyclic) bond motifs is 1. The van der Waals surface area contributed by atoms with Crippen LogP contribution in [0.15, 0.2) is 66.4 Å². The Hall–Kier alpha value is -3.72. The number of nitrogens with zero attached hydrogens (tertiary/aromatic N) is 1. The fourth-order valence-electron chi connectivity index (χ4n) is 2.93. The third kappa shape index (κ3) is 4.13. The first-order chi connectivity index (χ1) is 14.8. The van der Waals surface area contributed by atoms with E-state index in [9.17, 15) is 19.2 Å². The number of benzene rings is 3. The fourth-order valence-corrected chi connectivity index (χ4v) is 3.15. The number of ether oxygens (including phenoxy) is 2. The molecule has 1 heterocycles. The van der Waals surface area contributed by atoms with Gasteiger partial charge in [-0.05, 0) is 48.5 Å². The minimum Gasteiger partial charge on any atom is -0.733 e. The second-order valence-corrected chi connectivity index (χ2v) is 6.85. The lowest BCUT2D eigenvalue weighted by atomic mass is 10.1. The molecule has 0 amide bonds. The molecule has 3 aromatic rings. The molecular weight excluding hydrogens is 429 g/mol. The average Bonchev–Trinajstić information content (AvgIpc) is 3.05. The molecule has 0 saturated heterocycles. The first-order valence-electron chi connectivity index (χ1n) is 8.84. The summed E-state index contributed by atoms with van der Waals surface area (Å²) in [6.45, 7) is 0. The number of esters is 1. The number of rotatable bonds is 4. The number of carbonyl (C=O) groups is 2. The number of hydrogen-bond donors (Lipinski definition) is 1. The molecule has 0 spiro atoms. The average molecular weight is 441 g/mol. The summed E-state index contributed by atoms with van der Waals surface area (Å²) in [6, 6.07) is 13.6. The Balaban J connectivity index is 1.57. The molecule has 1 aliphatic heterocycles. The van der Waals surface area contributed by atoms with Gasteiger partial charge in [0, 0.05) is 11.6 Å². The van der Waals surface area contributed by atoms with Crippen LogP contribution in [0.25, 0.3) is 6.08 Å². The molecule has 0 saturated carbocycles. The maximum Gasteiger partial charge on any atom is 0.343 e. The molecule has 4 rings (SSSR count). The van der Waals surface area contributed by atoms with Gasteiger partial charge in [-0.25, -0.2) is 9.18 Å². The summed E-state index contributed by atoms with van der Waals surface area (Å²) in [5.74, 6) is -1.79. The summed E-state index contributed by atoms with van der Waals surface area (Å²) in [6.07, 6.45) is 1.21. The lowest BCUT2D eigenvalue weighted by molar-refractivity contribution is 0.0734. The Labute approximate surface area is 180 Å². The molecule has 0 aliphatic carbocycles. The predicted molar refractivity (Wildman–Crippen MR) is 110 cm³/mol. The van der Waals surface area contributed by atoms with Gasteiger partial charge in [-0.1, -0.05) is 23.7 Å². The predicted octanol–water partition coefficient (Wildman–Crippen LogP) is 5.01. The van der Waals surface area contributed by atoms with E-state index in [4.69, 9.17) is 26.3 Å². The summed E-state index contributed by atoms with van der Waals surface area (Å²) < 4.78 is 24.8. The zero-order chi connectivity index (χ0) is 22.1. The molecule has 0 bridgehead atoms. The zero-order valence-corrected chi connectivity index (χ0v) is 16.3. The molecule has 31 heavy (non-hydrogen) atoms. The van der Waals surface area contributed by atoms with Crippen LogP contribution in [0.5, 0.6) is 11.5 Å². The van der Waals surface area contributed by atoms with Crippen molar-refractivity contribution < 1.29 is 28.7 Å². The highest BCUT2D eigenvalue weighted by Gasteiger charge is 2.28. The standard InChI is InChI=1S/C22H12ClFNO6/c23-17-5-2-6-18(24)16(17)11-20-21(26)15-8-7-14(10-19(15)31-20)30-22(27)12-3-1-4-13(9-12)25(28)29/h1-11,28H/q-1. The van der Waals surface area contributed by atoms with E-state index in [0.29, 0.717) is 0 Å². The molecule has 9 heteroatoms. The van der Waals surface area contributed by atoms with Gasteiger partial charge in [0.15, 0.2) is 5.76 Å². The molecule has 156 valence electrons. The van der Waals surface area contributed by atoms with Crippen molar-refractivity contribution in [3.05, 3.63) is 99.2 Å². The van der Waals surface area contributed by atoms with Crippen LogP contribution in [0.1, 0.15) is 26.3 Å². The smallest absolute Gasteiger partial charge is 0.343 e. The van der Waals surface area contributed by atoms with Crippen molar-refractivity contribution in [2.45, 2.75) is 0 Å². The van der Waals surface area contributed by atoms with Crippen LogP contribution >= 0.6 is 11.6 Å². The van der Waals surface area contributed by atoms with E-state index in [1.807, 2.05) is 0 Å². The second kappa shape index (κ2) is 8.19. The van der Waals surface area contributed by atoms with Crippen molar-refractivity contribution in [2.75, 3.05) is 5.23 Å². The van der Waals surface area contributed by atoms with E-state index < -0.39 is 17.6 Å². The highest BCUT2D eigenvalue weighted by molar-refractivity contribution is 6.32. The van der Waals surface area contributed by atoms with Gasteiger partial charge in [0.2, 0.25) is 5.78 Å². The Bertz CT molecular complexity index is 1220. The third-order valence-electron chi connectivity index (χ3n) is 4.43. The van der Waals surface area contributed by atoms with Gasteiger partial charge in [-0.3, -0.25) is 10.0 Å². The molecule has 3 aromatic carbocycles. The summed E-state index contributed by atoms with van der Waals surface area (Å²) in [5.41, 5.74) is 0.115. The van der Waals surface area contributed by atoms with Crippen molar-refractivity contribution in [3.63, 3.8) is 0 Å². The van der Waals surface area contributed by atoms with E-state index in [0.717, 1.165) is 6.07 Å². The van der Waals surface area contributed by atoms with Crippen LogP contribution in [0.2, 0.25) is 5.02 Å². The normalized spacial score (nSPS) is 13.7. The molecule has 7 nitrogen and oxygen atoms in total. The van der Waals surface area contributed by atoms with Crippen LogP contribution in [0.4, 0.5) is 10.1 Å². The molecule has 1 N–H and O–H groups in total. The van der Waals surface area contributed by atoms with E-state index in [-0.39, 0.29) is 49.9 Å². The van der Waals surface area contributed by atoms with Crippen LogP contribution in [0, 0.1) is 11.0 Å². The van der Waals surface area contributed by atoms with Gasteiger partial charge in [0.25, 0.3) is 0 Å². The number of ketones is 1. The highest BCUT2D eigenvalue weighted by atomic mass is 35.5. The number of Topliss-reactive ketones (excluding diaryl/α,β-unsaturated/α-hetero) is 1. The molecular formula is C22H12ClFNO6-. The lowest BCUT2D eigenvalue weighted by Crippen LogP contribution is -2.11. The lowest BCUT2D eigenvalue weighted by Gasteiger charge is -2.21. The molecule has 1 aliphatic rings. The topological polar surface area (TPSA) is 99.1 Å². The minimum atomic E-state index is -0.790. The van der Waals surface area contributed by atoms with Crippen LogP contribution in [-0.2, 0) is 0 Å². The zero-order valence-electron chi connectivity index (χ0n) is 15.5. The first-order valence-corrected chi connectivity index (χ1v) is 9.22. The Kier molecular flexibility index (Phi) is 5.43. The summed E-state index contributed by atoms with van der Waals surface area (Å²) in [5, 5.41) is 19.7. The second-order valence-electron chi connectivity index (χ2n) is 6.45. The third-order valence-corrected chi connectivity index (χ3v) is 4.76. The van der Waals surface area contributed by atoms with E-state index in [2.05, 4.69) is 0 Å². The van der Waals surface area contributed by atoms with Gasteiger partial charge in [-0.15, -0.1) is 0 Å². The number of allylic oxidation sites excluding steroid dienone is 1. The van der Waals surface area contributed by atoms with Crippen molar-refractivity contribution >= 4 is 35.1 Å². The number of halogens is 2. The summed E-state index contributed by atoms with van der Waals surface area (Å²) in [7, 11) is 0.